The molecule has 0 aromatic carbocycles. The van der Waals surface area contributed by atoms with Crippen molar-refractivity contribution in [1.29, 1.82) is 0 Å². The fourth-order valence-electron chi connectivity index (χ4n) is 3.15. The first kappa shape index (κ1) is 13.2. The van der Waals surface area contributed by atoms with E-state index >= 15 is 0 Å². The maximum atomic E-state index is 4.61. The SMILES string of the molecule is CC.Cc1cc2cnc3c(ncn3C3CCCC3)c2[nH]1. The quantitative estimate of drug-likeness (QED) is 0.714. The summed E-state index contributed by atoms with van der Waals surface area (Å²) >= 11 is 0. The van der Waals surface area contributed by atoms with Crippen molar-refractivity contribution in [3.05, 3.63) is 24.3 Å². The van der Waals surface area contributed by atoms with Crippen LogP contribution in [0.2, 0.25) is 0 Å². The van der Waals surface area contributed by atoms with Gasteiger partial charge in [0.1, 0.15) is 5.52 Å². The molecule has 1 saturated carbocycles. The lowest BCUT2D eigenvalue weighted by Gasteiger charge is -2.10. The van der Waals surface area contributed by atoms with E-state index in [1.807, 2.05) is 26.4 Å². The van der Waals surface area contributed by atoms with Gasteiger partial charge in [0.25, 0.3) is 0 Å². The third-order valence-electron chi connectivity index (χ3n) is 4.03. The fraction of sp³-hybridized carbons (Fsp3) is 0.500. The monoisotopic (exact) mass is 270 g/mol. The summed E-state index contributed by atoms with van der Waals surface area (Å²) in [5.41, 5.74) is 4.31. The number of aromatic amines is 1. The van der Waals surface area contributed by atoms with Gasteiger partial charge in [0.15, 0.2) is 5.65 Å². The van der Waals surface area contributed by atoms with Gasteiger partial charge < -0.3 is 9.55 Å². The first-order valence-corrected chi connectivity index (χ1v) is 7.64. The van der Waals surface area contributed by atoms with E-state index in [-0.39, 0.29) is 0 Å². The summed E-state index contributed by atoms with van der Waals surface area (Å²) in [7, 11) is 0. The Kier molecular flexibility index (Phi) is 3.47. The van der Waals surface area contributed by atoms with Crippen LogP contribution in [0, 0.1) is 6.92 Å². The Hall–Kier alpha value is -1.84. The highest BCUT2D eigenvalue weighted by atomic mass is 15.1. The van der Waals surface area contributed by atoms with E-state index in [4.69, 9.17) is 0 Å². The summed E-state index contributed by atoms with van der Waals surface area (Å²) in [5.74, 6) is 0. The topological polar surface area (TPSA) is 46.5 Å². The maximum Gasteiger partial charge on any atom is 0.162 e. The van der Waals surface area contributed by atoms with Crippen molar-refractivity contribution in [2.45, 2.75) is 52.5 Å². The van der Waals surface area contributed by atoms with Crippen LogP contribution >= 0.6 is 0 Å². The molecule has 106 valence electrons. The molecule has 0 bridgehead atoms. The number of hydrogen-bond donors (Lipinski definition) is 1. The van der Waals surface area contributed by atoms with Crippen LogP contribution < -0.4 is 0 Å². The molecule has 1 aliphatic carbocycles. The van der Waals surface area contributed by atoms with E-state index in [1.165, 1.54) is 25.7 Å². The molecule has 3 aromatic heterocycles. The second-order valence-electron chi connectivity index (χ2n) is 5.30. The molecule has 1 aliphatic rings. The van der Waals surface area contributed by atoms with Crippen LogP contribution in [0.4, 0.5) is 0 Å². The molecule has 0 aliphatic heterocycles. The number of imidazole rings is 1. The first-order valence-electron chi connectivity index (χ1n) is 7.64. The first-order chi connectivity index (χ1) is 9.83. The maximum absolute atomic E-state index is 4.61. The zero-order valence-corrected chi connectivity index (χ0v) is 12.5. The van der Waals surface area contributed by atoms with Crippen molar-refractivity contribution in [3.63, 3.8) is 0 Å². The third-order valence-corrected chi connectivity index (χ3v) is 4.03. The van der Waals surface area contributed by atoms with E-state index < -0.39 is 0 Å². The highest BCUT2D eigenvalue weighted by Gasteiger charge is 2.20. The lowest BCUT2D eigenvalue weighted by molar-refractivity contribution is 0.529. The van der Waals surface area contributed by atoms with Crippen molar-refractivity contribution >= 4 is 22.1 Å². The molecule has 20 heavy (non-hydrogen) atoms. The summed E-state index contributed by atoms with van der Waals surface area (Å²) in [6.45, 7) is 6.07. The second-order valence-corrected chi connectivity index (χ2v) is 5.30. The van der Waals surface area contributed by atoms with Crippen molar-refractivity contribution in [2.75, 3.05) is 0 Å². The van der Waals surface area contributed by atoms with Gasteiger partial charge in [0.2, 0.25) is 0 Å². The van der Waals surface area contributed by atoms with Crippen molar-refractivity contribution in [2.24, 2.45) is 0 Å². The van der Waals surface area contributed by atoms with Gasteiger partial charge in [-0.15, -0.1) is 0 Å². The van der Waals surface area contributed by atoms with Crippen LogP contribution in [0.1, 0.15) is 51.3 Å². The standard InChI is InChI=1S/C14H16N4.C2H6/c1-9-6-10-7-15-14-13(12(10)17-9)16-8-18(14)11-4-2-3-5-11;1-2/h6-8,11,17H,2-5H2,1H3;1-2H3. The van der Waals surface area contributed by atoms with Gasteiger partial charge in [0.05, 0.1) is 11.8 Å². The Morgan fingerprint density at radius 2 is 1.95 bits per heavy atom. The molecule has 0 unspecified atom stereocenters. The van der Waals surface area contributed by atoms with Crippen LogP contribution in [0.3, 0.4) is 0 Å². The largest absolute Gasteiger partial charge is 0.357 e. The van der Waals surface area contributed by atoms with Gasteiger partial charge in [-0.2, -0.15) is 0 Å². The van der Waals surface area contributed by atoms with Gasteiger partial charge in [-0.3, -0.25) is 0 Å². The fourth-order valence-corrected chi connectivity index (χ4v) is 3.15. The number of H-pyrrole nitrogens is 1. The molecule has 4 nitrogen and oxygen atoms in total. The molecule has 0 saturated heterocycles. The minimum atomic E-state index is 0.594. The Morgan fingerprint density at radius 3 is 2.70 bits per heavy atom. The zero-order valence-electron chi connectivity index (χ0n) is 12.5. The van der Waals surface area contributed by atoms with Gasteiger partial charge in [-0.1, -0.05) is 26.7 Å². The minimum absolute atomic E-state index is 0.594. The number of fused-ring (bicyclic) bond motifs is 3. The molecule has 0 spiro atoms. The average molecular weight is 270 g/mol. The Balaban J connectivity index is 0.000000581. The van der Waals surface area contributed by atoms with Crippen LogP contribution in [-0.2, 0) is 0 Å². The average Bonchev–Trinajstić information content (AvgIpc) is 3.17. The van der Waals surface area contributed by atoms with Crippen LogP contribution in [0.25, 0.3) is 22.1 Å². The summed E-state index contributed by atoms with van der Waals surface area (Å²) < 4.78 is 2.26. The molecule has 3 heterocycles. The van der Waals surface area contributed by atoms with Crippen LogP contribution in [0.5, 0.6) is 0 Å². The lowest BCUT2D eigenvalue weighted by atomic mass is 10.2. The van der Waals surface area contributed by atoms with Gasteiger partial charge in [0, 0.05) is 23.3 Å². The van der Waals surface area contributed by atoms with Crippen LogP contribution in [0.15, 0.2) is 18.6 Å². The highest BCUT2D eigenvalue weighted by molar-refractivity contribution is 6.00. The number of hydrogen-bond acceptors (Lipinski definition) is 2. The van der Waals surface area contributed by atoms with E-state index in [2.05, 4.69) is 32.5 Å². The van der Waals surface area contributed by atoms with E-state index in [9.17, 15) is 0 Å². The molecule has 3 aromatic rings. The molecular weight excluding hydrogens is 248 g/mol. The molecule has 0 radical (unpaired) electrons. The van der Waals surface area contributed by atoms with E-state index in [0.717, 1.165) is 27.8 Å². The summed E-state index contributed by atoms with van der Waals surface area (Å²) in [5, 5.41) is 1.15. The molecule has 4 rings (SSSR count). The number of nitrogens with one attached hydrogen (secondary N) is 1. The van der Waals surface area contributed by atoms with Crippen molar-refractivity contribution < 1.29 is 0 Å². The second kappa shape index (κ2) is 5.27. The third kappa shape index (κ3) is 1.99. The number of pyridine rings is 1. The lowest BCUT2D eigenvalue weighted by Crippen LogP contribution is -2.03. The summed E-state index contributed by atoms with van der Waals surface area (Å²) in [4.78, 5) is 12.6. The molecular formula is C16H22N4. The number of nitrogens with zero attached hydrogens (tertiary/aromatic N) is 3. The molecule has 1 fully saturated rings. The van der Waals surface area contributed by atoms with Gasteiger partial charge >= 0.3 is 0 Å². The van der Waals surface area contributed by atoms with Gasteiger partial charge in [-0.05, 0) is 25.8 Å². The summed E-state index contributed by atoms with van der Waals surface area (Å²) in [6.07, 6.45) is 9.09. The predicted molar refractivity (Wildman–Crippen MR) is 83.0 cm³/mol. The van der Waals surface area contributed by atoms with Crippen molar-refractivity contribution in [3.8, 4) is 0 Å². The van der Waals surface area contributed by atoms with E-state index in [0.29, 0.717) is 6.04 Å². The number of aromatic nitrogens is 4. The molecule has 1 N–H and O–H groups in total. The highest BCUT2D eigenvalue weighted by Crippen LogP contribution is 2.32. The Labute approximate surface area is 119 Å². The van der Waals surface area contributed by atoms with Crippen LogP contribution in [-0.4, -0.2) is 19.5 Å². The molecule has 0 atom stereocenters. The number of rotatable bonds is 1. The Bertz CT molecular complexity index is 717. The summed E-state index contributed by atoms with van der Waals surface area (Å²) in [6, 6.07) is 2.71. The smallest absolute Gasteiger partial charge is 0.162 e. The zero-order chi connectivity index (χ0) is 14.1. The minimum Gasteiger partial charge on any atom is -0.357 e. The molecule has 4 heteroatoms. The normalized spacial score (nSPS) is 15.8. The predicted octanol–water partition coefficient (Wildman–Crippen LogP) is 4.36. The van der Waals surface area contributed by atoms with E-state index in [1.54, 1.807) is 0 Å². The molecule has 0 amide bonds. The number of aryl methyl sites for hydroxylation is 1. The van der Waals surface area contributed by atoms with Gasteiger partial charge in [-0.25, -0.2) is 9.97 Å². The van der Waals surface area contributed by atoms with Crippen molar-refractivity contribution in [1.82, 2.24) is 19.5 Å². The Morgan fingerprint density at radius 1 is 1.20 bits per heavy atom.